The number of carbonyl (C=O) groups excluding carboxylic acids is 1. The van der Waals surface area contributed by atoms with E-state index in [2.05, 4.69) is 4.74 Å². The minimum Gasteiger partial charge on any atom is -0.465 e. The predicted molar refractivity (Wildman–Crippen MR) is 73.0 cm³/mol. The van der Waals surface area contributed by atoms with Gasteiger partial charge in [-0.05, 0) is 12.1 Å². The minimum atomic E-state index is -3.06. The molecule has 0 bridgehead atoms. The smallest absolute Gasteiger partial charge is 0.340 e. The zero-order valence-corrected chi connectivity index (χ0v) is 11.7. The number of nitrogen functional groups attached to an aromatic ring is 1. The number of benzene rings is 1. The van der Waals surface area contributed by atoms with Gasteiger partial charge in [0.05, 0.1) is 29.9 Å². The monoisotopic (exact) mass is 302 g/mol. The van der Waals surface area contributed by atoms with Gasteiger partial charge < -0.3 is 15.4 Å². The number of carbonyl (C=O) groups is 1. The van der Waals surface area contributed by atoms with E-state index in [-0.39, 0.29) is 41.5 Å². The summed E-state index contributed by atoms with van der Waals surface area (Å²) in [6.45, 7) is 0.369. The fraction of sp³-hybridized carbons (Fsp3) is 0.417. The number of halogens is 1. The largest absolute Gasteiger partial charge is 0.465 e. The van der Waals surface area contributed by atoms with Gasteiger partial charge in [0.2, 0.25) is 0 Å². The Morgan fingerprint density at radius 2 is 1.95 bits per heavy atom. The Morgan fingerprint density at radius 3 is 2.50 bits per heavy atom. The van der Waals surface area contributed by atoms with E-state index >= 15 is 0 Å². The van der Waals surface area contributed by atoms with Crippen molar-refractivity contribution in [3.8, 4) is 0 Å². The Hall–Kier alpha value is -1.83. The molecule has 1 fully saturated rings. The SMILES string of the molecule is COC(=O)c1cc(N2CCS(=O)(=O)CC2)c(F)cc1N. The highest BCUT2D eigenvalue weighted by atomic mass is 32.2. The third kappa shape index (κ3) is 2.84. The molecular weight excluding hydrogens is 287 g/mol. The lowest BCUT2D eigenvalue weighted by Gasteiger charge is -2.29. The second kappa shape index (κ2) is 5.28. The van der Waals surface area contributed by atoms with E-state index in [4.69, 9.17) is 5.73 Å². The third-order valence-corrected chi connectivity index (χ3v) is 4.82. The first kappa shape index (κ1) is 14.6. The topological polar surface area (TPSA) is 89.7 Å². The summed E-state index contributed by atoms with van der Waals surface area (Å²) in [5, 5.41) is 0. The van der Waals surface area contributed by atoms with Gasteiger partial charge in [-0.15, -0.1) is 0 Å². The second-order valence-electron chi connectivity index (χ2n) is 4.52. The molecule has 0 unspecified atom stereocenters. The molecule has 0 amide bonds. The number of hydrogen-bond donors (Lipinski definition) is 1. The number of methoxy groups -OCH3 is 1. The van der Waals surface area contributed by atoms with E-state index in [9.17, 15) is 17.6 Å². The maximum atomic E-state index is 14.0. The van der Waals surface area contributed by atoms with Gasteiger partial charge in [-0.25, -0.2) is 17.6 Å². The van der Waals surface area contributed by atoms with E-state index in [1.54, 1.807) is 4.90 Å². The van der Waals surface area contributed by atoms with Gasteiger partial charge in [-0.1, -0.05) is 0 Å². The Morgan fingerprint density at radius 1 is 1.35 bits per heavy atom. The number of sulfone groups is 1. The first-order chi connectivity index (χ1) is 9.34. The zero-order valence-electron chi connectivity index (χ0n) is 10.9. The fourth-order valence-electron chi connectivity index (χ4n) is 2.06. The molecule has 6 nitrogen and oxygen atoms in total. The summed E-state index contributed by atoms with van der Waals surface area (Å²) < 4.78 is 41.3. The maximum absolute atomic E-state index is 14.0. The number of nitrogens with zero attached hydrogens (tertiary/aromatic N) is 1. The van der Waals surface area contributed by atoms with E-state index in [0.29, 0.717) is 0 Å². The first-order valence-corrected chi connectivity index (χ1v) is 7.79. The lowest BCUT2D eigenvalue weighted by atomic mass is 10.1. The summed E-state index contributed by atoms with van der Waals surface area (Å²) in [4.78, 5) is 13.1. The molecule has 0 aliphatic carbocycles. The van der Waals surface area contributed by atoms with Crippen LogP contribution in [0.1, 0.15) is 10.4 Å². The van der Waals surface area contributed by atoms with Crippen molar-refractivity contribution in [2.45, 2.75) is 0 Å². The summed E-state index contributed by atoms with van der Waals surface area (Å²) in [7, 11) is -1.85. The average molecular weight is 302 g/mol. The standard InChI is InChI=1S/C12H15FN2O4S/c1-19-12(16)8-6-11(9(13)7-10(8)14)15-2-4-20(17,18)5-3-15/h6-7H,2-5,14H2,1H3. The van der Waals surface area contributed by atoms with Crippen LogP contribution < -0.4 is 10.6 Å². The van der Waals surface area contributed by atoms with Crippen LogP contribution in [0.25, 0.3) is 0 Å². The van der Waals surface area contributed by atoms with Crippen LogP contribution in [0, 0.1) is 5.82 Å². The van der Waals surface area contributed by atoms with Crippen molar-refractivity contribution in [2.75, 3.05) is 42.3 Å². The second-order valence-corrected chi connectivity index (χ2v) is 6.82. The highest BCUT2D eigenvalue weighted by Crippen LogP contribution is 2.27. The van der Waals surface area contributed by atoms with Gasteiger partial charge in [0.25, 0.3) is 0 Å². The number of hydrogen-bond acceptors (Lipinski definition) is 6. The molecule has 1 aromatic rings. The van der Waals surface area contributed by atoms with Gasteiger partial charge in [0.1, 0.15) is 5.82 Å². The Bertz CT molecular complexity index is 631. The van der Waals surface area contributed by atoms with Crippen molar-refractivity contribution < 1.29 is 22.3 Å². The van der Waals surface area contributed by atoms with Gasteiger partial charge >= 0.3 is 5.97 Å². The molecule has 1 aliphatic heterocycles. The summed E-state index contributed by atoms with van der Waals surface area (Å²) in [6, 6.07) is 2.35. The molecule has 1 aromatic carbocycles. The van der Waals surface area contributed by atoms with Crippen molar-refractivity contribution >= 4 is 27.2 Å². The van der Waals surface area contributed by atoms with Crippen molar-refractivity contribution in [3.63, 3.8) is 0 Å². The number of anilines is 2. The summed E-state index contributed by atoms with van der Waals surface area (Å²) in [6.07, 6.45) is 0. The van der Waals surface area contributed by atoms with Gasteiger partial charge in [0, 0.05) is 18.8 Å². The fourth-order valence-corrected chi connectivity index (χ4v) is 3.26. The van der Waals surface area contributed by atoms with Crippen molar-refractivity contribution in [2.24, 2.45) is 0 Å². The molecule has 1 aliphatic rings. The molecule has 2 rings (SSSR count). The number of rotatable bonds is 2. The molecular formula is C12H15FN2O4S. The van der Waals surface area contributed by atoms with Crippen LogP contribution in [0.3, 0.4) is 0 Å². The lowest BCUT2D eigenvalue weighted by molar-refractivity contribution is 0.0602. The van der Waals surface area contributed by atoms with Crippen LogP contribution in [0.5, 0.6) is 0 Å². The molecule has 8 heteroatoms. The number of esters is 1. The van der Waals surface area contributed by atoms with Crippen LogP contribution >= 0.6 is 0 Å². The molecule has 2 N–H and O–H groups in total. The summed E-state index contributed by atoms with van der Waals surface area (Å²) in [5.74, 6) is -1.32. The van der Waals surface area contributed by atoms with Gasteiger partial charge in [-0.2, -0.15) is 0 Å². The van der Waals surface area contributed by atoms with E-state index in [1.165, 1.54) is 13.2 Å². The van der Waals surface area contributed by atoms with Gasteiger partial charge in [-0.3, -0.25) is 0 Å². The molecule has 1 heterocycles. The molecule has 0 radical (unpaired) electrons. The Labute approximate surface area is 116 Å². The quantitative estimate of drug-likeness (QED) is 0.629. The zero-order chi connectivity index (χ0) is 14.9. The van der Waals surface area contributed by atoms with E-state index in [1.807, 2.05) is 0 Å². The molecule has 0 aromatic heterocycles. The molecule has 110 valence electrons. The molecule has 0 atom stereocenters. The van der Waals surface area contributed by atoms with Crippen molar-refractivity contribution in [1.29, 1.82) is 0 Å². The van der Waals surface area contributed by atoms with Crippen molar-refractivity contribution in [3.05, 3.63) is 23.5 Å². The van der Waals surface area contributed by atoms with Crippen LogP contribution in [-0.4, -0.2) is 46.1 Å². The van der Waals surface area contributed by atoms with E-state index < -0.39 is 21.6 Å². The first-order valence-electron chi connectivity index (χ1n) is 5.97. The highest BCUT2D eigenvalue weighted by molar-refractivity contribution is 7.91. The molecule has 1 saturated heterocycles. The van der Waals surface area contributed by atoms with Crippen LogP contribution in [0.2, 0.25) is 0 Å². The predicted octanol–water partition coefficient (Wildman–Crippen LogP) is 0.429. The highest BCUT2D eigenvalue weighted by Gasteiger charge is 2.25. The summed E-state index contributed by atoms with van der Waals surface area (Å²) in [5.41, 5.74) is 5.80. The normalized spacial score (nSPS) is 17.8. The van der Waals surface area contributed by atoms with Crippen LogP contribution in [0.4, 0.5) is 15.8 Å². The maximum Gasteiger partial charge on any atom is 0.340 e. The minimum absolute atomic E-state index is 0.0114. The Kier molecular flexibility index (Phi) is 3.85. The summed E-state index contributed by atoms with van der Waals surface area (Å²) >= 11 is 0. The molecule has 20 heavy (non-hydrogen) atoms. The van der Waals surface area contributed by atoms with E-state index in [0.717, 1.165) is 6.07 Å². The molecule has 0 saturated carbocycles. The van der Waals surface area contributed by atoms with Gasteiger partial charge in [0.15, 0.2) is 9.84 Å². The average Bonchev–Trinajstić information content (AvgIpc) is 2.39. The lowest BCUT2D eigenvalue weighted by Crippen LogP contribution is -2.40. The van der Waals surface area contributed by atoms with Crippen LogP contribution in [0.15, 0.2) is 12.1 Å². The number of ether oxygens (including phenoxy) is 1. The Balaban J connectivity index is 2.35. The third-order valence-electron chi connectivity index (χ3n) is 3.21. The van der Waals surface area contributed by atoms with Crippen LogP contribution in [-0.2, 0) is 14.6 Å². The number of nitrogens with two attached hydrogens (primary N) is 1. The van der Waals surface area contributed by atoms with Crippen molar-refractivity contribution in [1.82, 2.24) is 0 Å². The molecule has 0 spiro atoms.